The molecule has 3 heteroatoms. The molecule has 0 aromatic rings. The summed E-state index contributed by atoms with van der Waals surface area (Å²) >= 11 is 0. The van der Waals surface area contributed by atoms with Gasteiger partial charge >= 0.3 is 6.18 Å². The van der Waals surface area contributed by atoms with Gasteiger partial charge in [-0.1, -0.05) is 18.7 Å². The Morgan fingerprint density at radius 1 is 1.44 bits per heavy atom. The Bertz CT molecular complexity index is 130. The summed E-state index contributed by atoms with van der Waals surface area (Å²) in [4.78, 5) is 0. The molecule has 9 heavy (non-hydrogen) atoms. The Balaban J connectivity index is 4.19. The second-order valence-electron chi connectivity index (χ2n) is 1.58. The van der Waals surface area contributed by atoms with E-state index in [1.165, 1.54) is 0 Å². The van der Waals surface area contributed by atoms with Gasteiger partial charge in [0, 0.05) is 5.57 Å². The molecule has 52 valence electrons. The summed E-state index contributed by atoms with van der Waals surface area (Å²) in [6.45, 7) is 4.14. The van der Waals surface area contributed by atoms with Crippen LogP contribution in [0.5, 0.6) is 0 Å². The molecule has 0 bridgehead atoms. The van der Waals surface area contributed by atoms with Crippen LogP contribution in [0.4, 0.5) is 13.2 Å². The van der Waals surface area contributed by atoms with Gasteiger partial charge in [-0.3, -0.25) is 0 Å². The first-order valence-electron chi connectivity index (χ1n) is 2.35. The number of hydrogen-bond acceptors (Lipinski definition) is 0. The summed E-state index contributed by atoms with van der Waals surface area (Å²) < 4.78 is 34.6. The molecule has 0 aliphatic heterocycles. The van der Waals surface area contributed by atoms with Crippen molar-refractivity contribution in [1.82, 2.24) is 0 Å². The van der Waals surface area contributed by atoms with E-state index >= 15 is 0 Å². The van der Waals surface area contributed by atoms with Crippen LogP contribution in [0.15, 0.2) is 24.3 Å². The number of rotatable bonds is 1. The van der Waals surface area contributed by atoms with E-state index < -0.39 is 11.7 Å². The maximum Gasteiger partial charge on any atom is 0.412 e. The number of halogens is 3. The summed E-state index contributed by atoms with van der Waals surface area (Å²) in [5.74, 6) is 0. The molecule has 0 spiro atoms. The average Bonchev–Trinajstić information content (AvgIpc) is 1.64. The third-order valence-electron chi connectivity index (χ3n) is 0.815. The molecule has 0 N–H and O–H groups in total. The van der Waals surface area contributed by atoms with Crippen molar-refractivity contribution >= 4 is 0 Å². The Kier molecular flexibility index (Phi) is 2.49. The summed E-state index contributed by atoms with van der Waals surface area (Å²) in [5.41, 5.74) is -0.627. The summed E-state index contributed by atoms with van der Waals surface area (Å²) in [7, 11) is 0. The van der Waals surface area contributed by atoms with E-state index in [1.54, 1.807) is 0 Å². The highest BCUT2D eigenvalue weighted by atomic mass is 19.4. The molecule has 0 unspecified atom stereocenters. The van der Waals surface area contributed by atoms with Crippen molar-refractivity contribution in [3.05, 3.63) is 24.3 Å². The lowest BCUT2D eigenvalue weighted by Gasteiger charge is -2.03. The fourth-order valence-electron chi connectivity index (χ4n) is 0.271. The van der Waals surface area contributed by atoms with Gasteiger partial charge < -0.3 is 0 Å². The van der Waals surface area contributed by atoms with E-state index in [2.05, 4.69) is 6.58 Å². The van der Waals surface area contributed by atoms with Crippen molar-refractivity contribution in [3.8, 4) is 0 Å². The third kappa shape index (κ3) is 2.95. The van der Waals surface area contributed by atoms with E-state index in [1.807, 2.05) is 0 Å². The SMILES string of the molecule is C=C/C=C(/C)C(F)(F)F. The Labute approximate surface area is 51.7 Å². The largest absolute Gasteiger partial charge is 0.412 e. The first kappa shape index (κ1) is 8.27. The quantitative estimate of drug-likeness (QED) is 0.486. The van der Waals surface area contributed by atoms with Crippen molar-refractivity contribution in [2.45, 2.75) is 13.1 Å². The topological polar surface area (TPSA) is 0 Å². The third-order valence-corrected chi connectivity index (χ3v) is 0.815. The molecule has 0 fully saturated rings. The maximum atomic E-state index is 11.5. The van der Waals surface area contributed by atoms with Crippen LogP contribution in [-0.4, -0.2) is 6.18 Å². The lowest BCUT2D eigenvalue weighted by molar-refractivity contribution is -0.0912. The zero-order chi connectivity index (χ0) is 7.49. The van der Waals surface area contributed by atoms with Gasteiger partial charge in [0.15, 0.2) is 0 Å². The summed E-state index contributed by atoms with van der Waals surface area (Å²) in [6.07, 6.45) is -2.16. The van der Waals surface area contributed by atoms with Crippen molar-refractivity contribution in [3.63, 3.8) is 0 Å². The van der Waals surface area contributed by atoms with Crippen molar-refractivity contribution in [2.75, 3.05) is 0 Å². The van der Waals surface area contributed by atoms with Crippen LogP contribution in [0.25, 0.3) is 0 Å². The van der Waals surface area contributed by atoms with Gasteiger partial charge in [-0.05, 0) is 6.92 Å². The molecule has 0 aliphatic rings. The smallest absolute Gasteiger partial charge is 0.166 e. The minimum absolute atomic E-state index is 0.627. The first-order chi connectivity index (χ1) is 3.98. The van der Waals surface area contributed by atoms with Crippen LogP contribution in [-0.2, 0) is 0 Å². The molecule has 0 aromatic heterocycles. The van der Waals surface area contributed by atoms with Crippen LogP contribution in [0, 0.1) is 0 Å². The van der Waals surface area contributed by atoms with E-state index in [4.69, 9.17) is 0 Å². The predicted molar refractivity (Wildman–Crippen MR) is 30.0 cm³/mol. The van der Waals surface area contributed by atoms with Crippen molar-refractivity contribution < 1.29 is 13.2 Å². The van der Waals surface area contributed by atoms with Gasteiger partial charge in [0.05, 0.1) is 0 Å². The molecule has 0 atom stereocenters. The zero-order valence-corrected chi connectivity index (χ0v) is 5.00. The molecule has 0 nitrogen and oxygen atoms in total. The maximum absolute atomic E-state index is 11.5. The van der Waals surface area contributed by atoms with Gasteiger partial charge in [-0.15, -0.1) is 0 Å². The molecular formula is C6H7F3. The average molecular weight is 136 g/mol. The van der Waals surface area contributed by atoms with Crippen LogP contribution in [0.2, 0.25) is 0 Å². The summed E-state index contributed by atoms with van der Waals surface area (Å²) in [6, 6.07) is 0. The molecule has 0 rings (SSSR count). The monoisotopic (exact) mass is 136 g/mol. The molecule has 0 aliphatic carbocycles. The highest BCUT2D eigenvalue weighted by Crippen LogP contribution is 2.24. The standard InChI is InChI=1S/C6H7F3/c1-3-4-5(2)6(7,8)9/h3-4H,1H2,2H3/b5-4-. The van der Waals surface area contributed by atoms with Crippen molar-refractivity contribution in [2.24, 2.45) is 0 Å². The molecule has 0 aromatic carbocycles. The van der Waals surface area contributed by atoms with Crippen molar-refractivity contribution in [1.29, 1.82) is 0 Å². The predicted octanol–water partition coefficient (Wildman–Crippen LogP) is 2.68. The first-order valence-corrected chi connectivity index (χ1v) is 2.35. The van der Waals surface area contributed by atoms with E-state index in [9.17, 15) is 13.2 Å². The summed E-state index contributed by atoms with van der Waals surface area (Å²) in [5, 5.41) is 0. The van der Waals surface area contributed by atoms with Crippen LogP contribution >= 0.6 is 0 Å². The van der Waals surface area contributed by atoms with Gasteiger partial charge in [-0.2, -0.15) is 13.2 Å². The Hall–Kier alpha value is -0.730. The van der Waals surface area contributed by atoms with E-state index in [-0.39, 0.29) is 0 Å². The highest BCUT2D eigenvalue weighted by molar-refractivity contribution is 5.12. The van der Waals surface area contributed by atoms with E-state index in [0.717, 1.165) is 19.1 Å². The fourth-order valence-corrected chi connectivity index (χ4v) is 0.271. The van der Waals surface area contributed by atoms with Gasteiger partial charge in [0.25, 0.3) is 0 Å². The van der Waals surface area contributed by atoms with Gasteiger partial charge in [0.1, 0.15) is 0 Å². The fraction of sp³-hybridized carbons (Fsp3) is 0.333. The number of alkyl halides is 3. The zero-order valence-electron chi connectivity index (χ0n) is 5.00. The minimum atomic E-state index is -4.20. The highest BCUT2D eigenvalue weighted by Gasteiger charge is 2.28. The van der Waals surface area contributed by atoms with Crippen LogP contribution in [0.3, 0.4) is 0 Å². The number of hydrogen-bond donors (Lipinski definition) is 0. The second-order valence-corrected chi connectivity index (χ2v) is 1.58. The normalized spacial score (nSPS) is 13.6. The minimum Gasteiger partial charge on any atom is -0.166 e. The number of allylic oxidation sites excluding steroid dienone is 3. The van der Waals surface area contributed by atoms with E-state index in [0.29, 0.717) is 0 Å². The van der Waals surface area contributed by atoms with Crippen LogP contribution in [0.1, 0.15) is 6.92 Å². The molecule has 0 amide bonds. The molecule has 0 saturated heterocycles. The lowest BCUT2D eigenvalue weighted by atomic mass is 10.3. The molecule has 0 saturated carbocycles. The molecule has 0 radical (unpaired) electrons. The lowest BCUT2D eigenvalue weighted by Crippen LogP contribution is -2.08. The Morgan fingerprint density at radius 2 is 1.89 bits per heavy atom. The Morgan fingerprint density at radius 3 is 2.00 bits per heavy atom. The molecule has 0 heterocycles. The van der Waals surface area contributed by atoms with Crippen LogP contribution < -0.4 is 0 Å². The van der Waals surface area contributed by atoms with Gasteiger partial charge in [0.2, 0.25) is 0 Å². The molecular weight excluding hydrogens is 129 g/mol. The van der Waals surface area contributed by atoms with Gasteiger partial charge in [-0.25, -0.2) is 0 Å². The second kappa shape index (κ2) is 2.71.